The Balaban J connectivity index is 1.70. The second kappa shape index (κ2) is 7.63. The molecule has 2 N–H and O–H groups in total. The fourth-order valence-corrected chi connectivity index (χ4v) is 4.20. The maximum Gasteiger partial charge on any atom is 0.315 e. The Morgan fingerprint density at radius 3 is 2.74 bits per heavy atom. The van der Waals surface area contributed by atoms with Gasteiger partial charge >= 0.3 is 6.03 Å². The number of nitrogens with zero attached hydrogens (tertiary/aromatic N) is 1. The minimum absolute atomic E-state index is 0.0138. The van der Waals surface area contributed by atoms with Crippen LogP contribution in [0.2, 0.25) is 0 Å². The van der Waals surface area contributed by atoms with E-state index in [-0.39, 0.29) is 29.6 Å². The molecule has 1 saturated heterocycles. The van der Waals surface area contributed by atoms with Crippen LogP contribution in [0.5, 0.6) is 5.88 Å². The van der Waals surface area contributed by atoms with E-state index in [9.17, 15) is 13.2 Å². The van der Waals surface area contributed by atoms with Crippen molar-refractivity contribution in [2.24, 2.45) is 5.92 Å². The van der Waals surface area contributed by atoms with E-state index < -0.39 is 9.84 Å². The van der Waals surface area contributed by atoms with Crippen molar-refractivity contribution in [2.75, 3.05) is 18.1 Å². The van der Waals surface area contributed by atoms with Crippen molar-refractivity contribution in [3.8, 4) is 5.88 Å². The molecule has 0 spiro atoms. The van der Waals surface area contributed by atoms with Gasteiger partial charge in [0.25, 0.3) is 0 Å². The van der Waals surface area contributed by atoms with Crippen LogP contribution in [0.3, 0.4) is 0 Å². The van der Waals surface area contributed by atoms with Crippen LogP contribution >= 0.6 is 0 Å². The van der Waals surface area contributed by atoms with Crippen molar-refractivity contribution in [3.63, 3.8) is 0 Å². The summed E-state index contributed by atoms with van der Waals surface area (Å²) in [6.45, 7) is 4.59. The molecular weight excluding hydrogens is 318 g/mol. The molecule has 0 aliphatic carbocycles. The van der Waals surface area contributed by atoms with Gasteiger partial charge in [0.15, 0.2) is 9.84 Å². The second-order valence-electron chi connectivity index (χ2n) is 6.00. The van der Waals surface area contributed by atoms with Gasteiger partial charge in [-0.1, -0.05) is 6.07 Å². The molecule has 128 valence electrons. The molecule has 0 aromatic carbocycles. The van der Waals surface area contributed by atoms with Crippen LogP contribution in [0.1, 0.15) is 25.8 Å². The highest BCUT2D eigenvalue weighted by molar-refractivity contribution is 7.91. The van der Waals surface area contributed by atoms with Crippen LogP contribution in [0.4, 0.5) is 4.79 Å². The molecule has 8 heteroatoms. The predicted octanol–water partition coefficient (Wildman–Crippen LogP) is 1.10. The zero-order valence-electron chi connectivity index (χ0n) is 13.4. The van der Waals surface area contributed by atoms with Crippen molar-refractivity contribution < 1.29 is 17.9 Å². The lowest BCUT2D eigenvalue weighted by Crippen LogP contribution is -2.38. The van der Waals surface area contributed by atoms with Crippen LogP contribution in [-0.4, -0.2) is 43.6 Å². The Morgan fingerprint density at radius 2 is 2.17 bits per heavy atom. The Hall–Kier alpha value is -1.83. The second-order valence-corrected chi connectivity index (χ2v) is 8.23. The molecule has 2 heterocycles. The molecule has 1 aliphatic rings. The van der Waals surface area contributed by atoms with Gasteiger partial charge in [-0.2, -0.15) is 0 Å². The van der Waals surface area contributed by atoms with Gasteiger partial charge in [0, 0.05) is 25.4 Å². The van der Waals surface area contributed by atoms with Gasteiger partial charge in [0.2, 0.25) is 5.88 Å². The van der Waals surface area contributed by atoms with Gasteiger partial charge in [0.05, 0.1) is 17.6 Å². The van der Waals surface area contributed by atoms with E-state index in [4.69, 9.17) is 4.74 Å². The lowest BCUT2D eigenvalue weighted by molar-refractivity contribution is 0.232. The zero-order chi connectivity index (χ0) is 16.9. The Bertz CT molecular complexity index is 629. The average molecular weight is 341 g/mol. The van der Waals surface area contributed by atoms with Crippen molar-refractivity contribution in [1.82, 2.24) is 15.6 Å². The van der Waals surface area contributed by atoms with Gasteiger partial charge < -0.3 is 15.4 Å². The molecule has 0 saturated carbocycles. The number of carbonyl (C=O) groups excluding carboxylic acids is 1. The topological polar surface area (TPSA) is 97.4 Å². The monoisotopic (exact) mass is 341 g/mol. The molecule has 0 radical (unpaired) electrons. The Kier molecular flexibility index (Phi) is 5.81. The normalized spacial score (nSPS) is 19.5. The minimum Gasteiger partial charge on any atom is -0.475 e. The van der Waals surface area contributed by atoms with Crippen molar-refractivity contribution in [2.45, 2.75) is 32.9 Å². The number of hydrogen-bond acceptors (Lipinski definition) is 5. The van der Waals surface area contributed by atoms with Gasteiger partial charge in [0.1, 0.15) is 0 Å². The van der Waals surface area contributed by atoms with E-state index in [1.807, 2.05) is 19.9 Å². The first-order valence-corrected chi connectivity index (χ1v) is 9.50. The van der Waals surface area contributed by atoms with Crippen molar-refractivity contribution >= 4 is 15.9 Å². The van der Waals surface area contributed by atoms with E-state index in [1.165, 1.54) is 0 Å². The summed E-state index contributed by atoms with van der Waals surface area (Å²) in [7, 11) is -2.90. The predicted molar refractivity (Wildman–Crippen MR) is 87.0 cm³/mol. The summed E-state index contributed by atoms with van der Waals surface area (Å²) in [6, 6.07) is 3.30. The molecule has 0 bridgehead atoms. The van der Waals surface area contributed by atoms with Gasteiger partial charge in [-0.15, -0.1) is 0 Å². The summed E-state index contributed by atoms with van der Waals surface area (Å²) in [5.41, 5.74) is 0.861. The number of aromatic nitrogens is 1. The molecule has 2 amide bonds. The number of nitrogens with one attached hydrogen (secondary N) is 2. The average Bonchev–Trinajstić information content (AvgIpc) is 2.83. The maximum absolute atomic E-state index is 11.7. The largest absolute Gasteiger partial charge is 0.475 e. The number of sulfone groups is 1. The first kappa shape index (κ1) is 17.5. The van der Waals surface area contributed by atoms with Gasteiger partial charge in [-0.3, -0.25) is 0 Å². The van der Waals surface area contributed by atoms with Crippen LogP contribution in [0, 0.1) is 5.92 Å². The summed E-state index contributed by atoms with van der Waals surface area (Å²) >= 11 is 0. The molecule has 2 rings (SSSR count). The molecule has 1 unspecified atom stereocenters. The van der Waals surface area contributed by atoms with Gasteiger partial charge in [-0.05, 0) is 31.7 Å². The number of carbonyl (C=O) groups is 1. The summed E-state index contributed by atoms with van der Waals surface area (Å²) < 4.78 is 28.1. The minimum atomic E-state index is -2.90. The Morgan fingerprint density at radius 1 is 1.39 bits per heavy atom. The van der Waals surface area contributed by atoms with E-state index in [0.717, 1.165) is 5.56 Å². The third kappa shape index (κ3) is 6.05. The fraction of sp³-hybridized carbons (Fsp3) is 0.600. The molecule has 1 aliphatic heterocycles. The Labute approximate surface area is 136 Å². The third-order valence-electron chi connectivity index (χ3n) is 3.49. The van der Waals surface area contributed by atoms with E-state index in [0.29, 0.717) is 25.4 Å². The summed E-state index contributed by atoms with van der Waals surface area (Å²) in [6.07, 6.45) is 2.34. The standard InChI is InChI=1S/C15H23N3O4S/c1-11(2)22-14-4-3-12(7-16-14)8-17-15(19)18-9-13-5-6-23(20,21)10-13/h3-4,7,11,13H,5-6,8-10H2,1-2H3,(H2,17,18,19). The lowest BCUT2D eigenvalue weighted by Gasteiger charge is -2.11. The fourth-order valence-electron chi connectivity index (χ4n) is 2.34. The molecular formula is C15H23N3O4S. The van der Waals surface area contributed by atoms with Crippen molar-refractivity contribution in [1.29, 1.82) is 0 Å². The quantitative estimate of drug-likeness (QED) is 0.807. The van der Waals surface area contributed by atoms with E-state index in [2.05, 4.69) is 15.6 Å². The molecule has 23 heavy (non-hydrogen) atoms. The molecule has 1 atom stereocenters. The number of urea groups is 1. The molecule has 1 aromatic heterocycles. The zero-order valence-corrected chi connectivity index (χ0v) is 14.2. The maximum atomic E-state index is 11.7. The first-order chi connectivity index (χ1) is 10.8. The highest BCUT2D eigenvalue weighted by atomic mass is 32.2. The number of amides is 2. The number of pyridine rings is 1. The van der Waals surface area contributed by atoms with E-state index >= 15 is 0 Å². The highest BCUT2D eigenvalue weighted by Gasteiger charge is 2.27. The van der Waals surface area contributed by atoms with Crippen LogP contribution in [0.25, 0.3) is 0 Å². The number of ether oxygens (including phenoxy) is 1. The smallest absolute Gasteiger partial charge is 0.315 e. The van der Waals surface area contributed by atoms with Crippen LogP contribution in [-0.2, 0) is 16.4 Å². The van der Waals surface area contributed by atoms with Crippen LogP contribution in [0.15, 0.2) is 18.3 Å². The number of rotatable bonds is 6. The third-order valence-corrected chi connectivity index (χ3v) is 5.32. The van der Waals surface area contributed by atoms with E-state index in [1.54, 1.807) is 12.3 Å². The van der Waals surface area contributed by atoms with Gasteiger partial charge in [-0.25, -0.2) is 18.2 Å². The molecule has 7 nitrogen and oxygen atoms in total. The lowest BCUT2D eigenvalue weighted by atomic mass is 10.1. The summed E-state index contributed by atoms with van der Waals surface area (Å²) in [4.78, 5) is 15.9. The van der Waals surface area contributed by atoms with Crippen LogP contribution < -0.4 is 15.4 Å². The SMILES string of the molecule is CC(C)Oc1ccc(CNC(=O)NCC2CCS(=O)(=O)C2)cn1. The summed E-state index contributed by atoms with van der Waals surface area (Å²) in [5, 5.41) is 5.43. The highest BCUT2D eigenvalue weighted by Crippen LogP contribution is 2.17. The molecule has 1 fully saturated rings. The molecule has 1 aromatic rings. The van der Waals surface area contributed by atoms with Crippen molar-refractivity contribution in [3.05, 3.63) is 23.9 Å². The first-order valence-electron chi connectivity index (χ1n) is 7.68. The number of hydrogen-bond donors (Lipinski definition) is 2. The summed E-state index contributed by atoms with van der Waals surface area (Å²) in [5.74, 6) is 0.946.